The summed E-state index contributed by atoms with van der Waals surface area (Å²) in [5.74, 6) is -1.42. The molecule has 0 aliphatic carbocycles. The zero-order valence-corrected chi connectivity index (χ0v) is 8.11. The molecule has 1 aliphatic rings. The summed E-state index contributed by atoms with van der Waals surface area (Å²) < 4.78 is 9.69. The fourth-order valence-electron chi connectivity index (χ4n) is 1.35. The van der Waals surface area contributed by atoms with Crippen molar-refractivity contribution in [2.24, 2.45) is 0 Å². The van der Waals surface area contributed by atoms with Crippen molar-refractivity contribution in [3.63, 3.8) is 0 Å². The van der Waals surface area contributed by atoms with Gasteiger partial charge < -0.3 is 29.9 Å². The van der Waals surface area contributed by atoms with Crippen LogP contribution in [-0.4, -0.2) is 63.7 Å². The zero-order valence-electron chi connectivity index (χ0n) is 8.11. The van der Waals surface area contributed by atoms with Gasteiger partial charge in [-0.3, -0.25) is 0 Å². The number of carbonyl (C=O) groups is 1. The second-order valence-electron chi connectivity index (χ2n) is 3.19. The maximum absolute atomic E-state index is 10.6. The first kappa shape index (κ1) is 12.3. The van der Waals surface area contributed by atoms with Crippen molar-refractivity contribution in [2.45, 2.75) is 37.6 Å². The van der Waals surface area contributed by atoms with Crippen molar-refractivity contribution < 1.29 is 34.7 Å². The largest absolute Gasteiger partial charge is 0.479 e. The summed E-state index contributed by atoms with van der Waals surface area (Å²) >= 11 is 0. The van der Waals surface area contributed by atoms with Crippen LogP contribution in [-0.2, 0) is 14.3 Å². The minimum absolute atomic E-state index is 0.191. The van der Waals surface area contributed by atoms with E-state index in [2.05, 4.69) is 0 Å². The lowest BCUT2D eigenvalue weighted by molar-refractivity contribution is -0.292. The van der Waals surface area contributed by atoms with E-state index in [-0.39, 0.29) is 6.61 Å². The van der Waals surface area contributed by atoms with E-state index in [0.29, 0.717) is 0 Å². The van der Waals surface area contributed by atoms with Gasteiger partial charge in [-0.15, -0.1) is 0 Å². The summed E-state index contributed by atoms with van der Waals surface area (Å²) in [4.78, 5) is 10.6. The van der Waals surface area contributed by atoms with Crippen LogP contribution in [0.15, 0.2) is 0 Å². The number of aliphatic hydroxyl groups excluding tert-OH is 3. The highest BCUT2D eigenvalue weighted by Gasteiger charge is 2.47. The highest BCUT2D eigenvalue weighted by atomic mass is 16.7. The molecule has 4 N–H and O–H groups in total. The van der Waals surface area contributed by atoms with Crippen LogP contribution >= 0.6 is 0 Å². The van der Waals surface area contributed by atoms with Crippen LogP contribution in [0.5, 0.6) is 0 Å². The van der Waals surface area contributed by atoms with E-state index in [0.717, 1.165) is 0 Å². The van der Waals surface area contributed by atoms with Crippen molar-refractivity contribution in [2.75, 3.05) is 6.61 Å². The number of rotatable bonds is 3. The van der Waals surface area contributed by atoms with Gasteiger partial charge in [0, 0.05) is 6.61 Å². The van der Waals surface area contributed by atoms with Gasteiger partial charge in [0.05, 0.1) is 0 Å². The molecule has 0 amide bonds. The van der Waals surface area contributed by atoms with Gasteiger partial charge in [-0.25, -0.2) is 4.79 Å². The molecular weight excluding hydrogens is 208 g/mol. The van der Waals surface area contributed by atoms with Crippen molar-refractivity contribution in [3.05, 3.63) is 0 Å². The number of carboxylic acids is 1. The monoisotopic (exact) mass is 222 g/mol. The fraction of sp³-hybridized carbons (Fsp3) is 0.875. The van der Waals surface area contributed by atoms with Gasteiger partial charge in [-0.1, -0.05) is 0 Å². The summed E-state index contributed by atoms with van der Waals surface area (Å²) in [7, 11) is 0. The maximum atomic E-state index is 10.6. The average molecular weight is 222 g/mol. The van der Waals surface area contributed by atoms with Crippen molar-refractivity contribution in [3.8, 4) is 0 Å². The van der Waals surface area contributed by atoms with Gasteiger partial charge >= 0.3 is 5.97 Å². The summed E-state index contributed by atoms with van der Waals surface area (Å²) in [5.41, 5.74) is 0. The molecule has 2 unspecified atom stereocenters. The molecule has 1 saturated heterocycles. The standard InChI is InChI=1S/C8H14O7/c1-2-14-8-5(11)3(9)4(10)6(15-8)7(12)13/h3-6,8-11H,2H2,1H3,(H,12,13)/t3?,4-,5+,6?,8-/m1/s1. The normalized spacial score (nSPS) is 41.5. The predicted octanol–water partition coefficient (Wildman–Crippen LogP) is -2.08. The topological polar surface area (TPSA) is 116 Å². The minimum Gasteiger partial charge on any atom is -0.479 e. The van der Waals surface area contributed by atoms with Crippen molar-refractivity contribution in [1.29, 1.82) is 0 Å². The molecule has 1 rings (SSSR count). The van der Waals surface area contributed by atoms with Crippen LogP contribution in [0.25, 0.3) is 0 Å². The first-order valence-electron chi connectivity index (χ1n) is 4.53. The van der Waals surface area contributed by atoms with Crippen LogP contribution in [0.2, 0.25) is 0 Å². The molecule has 1 aliphatic heterocycles. The van der Waals surface area contributed by atoms with Crippen LogP contribution in [0.3, 0.4) is 0 Å². The van der Waals surface area contributed by atoms with Crippen molar-refractivity contribution in [1.82, 2.24) is 0 Å². The molecule has 0 aromatic heterocycles. The second-order valence-corrected chi connectivity index (χ2v) is 3.19. The Kier molecular flexibility index (Phi) is 4.00. The Morgan fingerprint density at radius 2 is 1.87 bits per heavy atom. The lowest BCUT2D eigenvalue weighted by Gasteiger charge is -2.38. The van der Waals surface area contributed by atoms with Crippen LogP contribution < -0.4 is 0 Å². The molecule has 0 bridgehead atoms. The number of aliphatic hydroxyl groups is 3. The zero-order chi connectivity index (χ0) is 11.6. The number of hydrogen-bond donors (Lipinski definition) is 4. The van der Waals surface area contributed by atoms with Gasteiger partial charge in [0.2, 0.25) is 0 Å². The van der Waals surface area contributed by atoms with Gasteiger partial charge in [0.1, 0.15) is 18.3 Å². The van der Waals surface area contributed by atoms with E-state index in [9.17, 15) is 20.1 Å². The summed E-state index contributed by atoms with van der Waals surface area (Å²) in [5, 5.41) is 36.7. The number of carboxylic acid groups (broad SMARTS) is 1. The lowest BCUT2D eigenvalue weighted by atomic mass is 9.99. The Morgan fingerprint density at radius 1 is 1.27 bits per heavy atom. The van der Waals surface area contributed by atoms with E-state index in [1.807, 2.05) is 0 Å². The molecule has 7 nitrogen and oxygen atoms in total. The van der Waals surface area contributed by atoms with Crippen molar-refractivity contribution >= 4 is 5.97 Å². The van der Waals surface area contributed by atoms with E-state index in [1.165, 1.54) is 0 Å². The van der Waals surface area contributed by atoms with Gasteiger partial charge in [0.15, 0.2) is 12.4 Å². The smallest absolute Gasteiger partial charge is 0.335 e. The van der Waals surface area contributed by atoms with Crippen LogP contribution in [0.1, 0.15) is 6.92 Å². The highest BCUT2D eigenvalue weighted by Crippen LogP contribution is 2.22. The molecule has 0 spiro atoms. The van der Waals surface area contributed by atoms with E-state index >= 15 is 0 Å². The van der Waals surface area contributed by atoms with Gasteiger partial charge in [-0.05, 0) is 6.92 Å². The third-order valence-electron chi connectivity index (χ3n) is 2.14. The SMILES string of the molecule is CCO[C@@H]1OC(C(=O)O)[C@H](O)C(O)[C@@H]1O. The van der Waals surface area contributed by atoms with Gasteiger partial charge in [0.25, 0.3) is 0 Å². The minimum atomic E-state index is -1.67. The molecule has 15 heavy (non-hydrogen) atoms. The van der Waals surface area contributed by atoms with E-state index < -0.39 is 36.7 Å². The molecule has 5 atom stereocenters. The highest BCUT2D eigenvalue weighted by molar-refractivity contribution is 5.73. The second kappa shape index (κ2) is 4.86. The molecule has 1 heterocycles. The number of aliphatic carboxylic acids is 1. The molecule has 7 heteroatoms. The predicted molar refractivity (Wildman–Crippen MR) is 45.9 cm³/mol. The average Bonchev–Trinajstić information content (AvgIpc) is 2.18. The lowest BCUT2D eigenvalue weighted by Crippen LogP contribution is -2.60. The Morgan fingerprint density at radius 3 is 2.33 bits per heavy atom. The molecule has 88 valence electrons. The molecular formula is C8H14O7. The number of hydrogen-bond acceptors (Lipinski definition) is 6. The quantitative estimate of drug-likeness (QED) is 0.432. The molecule has 0 saturated carbocycles. The Bertz CT molecular complexity index is 231. The third kappa shape index (κ3) is 2.44. The molecule has 1 fully saturated rings. The maximum Gasteiger partial charge on any atom is 0.335 e. The Hall–Kier alpha value is -0.730. The van der Waals surface area contributed by atoms with E-state index in [1.54, 1.807) is 6.92 Å². The summed E-state index contributed by atoms with van der Waals surface area (Å²) in [6, 6.07) is 0. The Labute approximate surface area is 85.9 Å². The first-order valence-corrected chi connectivity index (χ1v) is 4.53. The van der Waals surface area contributed by atoms with Crippen LogP contribution in [0.4, 0.5) is 0 Å². The first-order chi connectivity index (χ1) is 6.99. The van der Waals surface area contributed by atoms with E-state index in [4.69, 9.17) is 14.6 Å². The number of ether oxygens (including phenoxy) is 2. The molecule has 0 radical (unpaired) electrons. The summed E-state index contributed by atoms with van der Waals surface area (Å²) in [6.45, 7) is 1.82. The van der Waals surface area contributed by atoms with Crippen LogP contribution in [0, 0.1) is 0 Å². The molecule has 0 aromatic carbocycles. The summed E-state index contributed by atoms with van der Waals surface area (Å²) in [6.07, 6.45) is -7.57. The molecule has 0 aromatic rings. The Balaban J connectivity index is 2.75. The fourth-order valence-corrected chi connectivity index (χ4v) is 1.35. The third-order valence-corrected chi connectivity index (χ3v) is 2.14. The van der Waals surface area contributed by atoms with Gasteiger partial charge in [-0.2, -0.15) is 0 Å².